The van der Waals surface area contributed by atoms with E-state index in [9.17, 15) is 9.90 Å². The lowest BCUT2D eigenvalue weighted by Gasteiger charge is -2.41. The van der Waals surface area contributed by atoms with Gasteiger partial charge >= 0.3 is 0 Å². The molecule has 2 bridgehead atoms. The van der Waals surface area contributed by atoms with Crippen LogP contribution in [0.4, 0.5) is 5.82 Å². The molecular weight excluding hydrogens is 350 g/mol. The first kappa shape index (κ1) is 15.8. The van der Waals surface area contributed by atoms with Crippen LogP contribution >= 0.6 is 11.3 Å². The van der Waals surface area contributed by atoms with E-state index in [1.807, 2.05) is 23.7 Å². The predicted molar refractivity (Wildman–Crippen MR) is 99.3 cm³/mol. The molecule has 0 aromatic carbocycles. The third-order valence-corrected chi connectivity index (χ3v) is 6.36. The third-order valence-electron chi connectivity index (χ3n) is 5.40. The number of rotatable bonds is 3. The highest BCUT2D eigenvalue weighted by Crippen LogP contribution is 2.35. The van der Waals surface area contributed by atoms with Gasteiger partial charge in [-0.3, -0.25) is 4.79 Å². The summed E-state index contributed by atoms with van der Waals surface area (Å²) >= 11 is 1.42. The SMILES string of the molecule is O=C(c1cc(CO)cs1)N1C2CCC1CN(c1ncnc3[nH]ccc13)C2. The van der Waals surface area contributed by atoms with Gasteiger partial charge in [0.1, 0.15) is 17.8 Å². The van der Waals surface area contributed by atoms with Crippen LogP contribution in [-0.2, 0) is 6.61 Å². The highest BCUT2D eigenvalue weighted by molar-refractivity contribution is 7.12. The van der Waals surface area contributed by atoms with Gasteiger partial charge in [-0.1, -0.05) is 0 Å². The van der Waals surface area contributed by atoms with Crippen LogP contribution in [0.5, 0.6) is 0 Å². The first-order valence-electron chi connectivity index (χ1n) is 8.78. The lowest BCUT2D eigenvalue weighted by atomic mass is 10.1. The maximum atomic E-state index is 13.0. The second-order valence-electron chi connectivity index (χ2n) is 6.92. The number of H-pyrrole nitrogens is 1. The van der Waals surface area contributed by atoms with Gasteiger partial charge in [-0.25, -0.2) is 9.97 Å². The molecule has 7 nitrogen and oxygen atoms in total. The van der Waals surface area contributed by atoms with Crippen LogP contribution in [0.2, 0.25) is 0 Å². The van der Waals surface area contributed by atoms with Gasteiger partial charge in [-0.15, -0.1) is 11.3 Å². The van der Waals surface area contributed by atoms with E-state index in [0.29, 0.717) is 0 Å². The summed E-state index contributed by atoms with van der Waals surface area (Å²) in [5, 5.41) is 12.1. The quantitative estimate of drug-likeness (QED) is 0.738. The summed E-state index contributed by atoms with van der Waals surface area (Å²) in [5.41, 5.74) is 1.65. The summed E-state index contributed by atoms with van der Waals surface area (Å²) in [4.78, 5) is 30.0. The Hall–Kier alpha value is -2.45. The number of aliphatic hydroxyl groups is 1. The number of fused-ring (bicyclic) bond motifs is 3. The summed E-state index contributed by atoms with van der Waals surface area (Å²) < 4.78 is 0. The summed E-state index contributed by atoms with van der Waals surface area (Å²) in [7, 11) is 0. The van der Waals surface area contributed by atoms with Gasteiger partial charge in [-0.05, 0) is 35.9 Å². The average Bonchev–Trinajstić information content (AvgIpc) is 3.38. The van der Waals surface area contributed by atoms with E-state index in [-0.39, 0.29) is 24.6 Å². The van der Waals surface area contributed by atoms with E-state index in [1.165, 1.54) is 11.3 Å². The fraction of sp³-hybridized carbons (Fsp3) is 0.389. The standard InChI is InChI=1S/C18H19N5O2S/c24-8-11-5-15(26-9-11)18(25)23-12-1-2-13(23)7-22(6-12)17-14-3-4-19-16(14)20-10-21-17/h3-5,9-10,12-13,24H,1-2,6-8H2,(H,19,20,21). The molecule has 5 heterocycles. The fourth-order valence-electron chi connectivity index (χ4n) is 4.22. The van der Waals surface area contributed by atoms with Crippen molar-refractivity contribution in [2.45, 2.75) is 31.5 Å². The van der Waals surface area contributed by atoms with Gasteiger partial charge in [0, 0.05) is 19.3 Å². The molecule has 2 atom stereocenters. The number of aromatic amines is 1. The smallest absolute Gasteiger partial charge is 0.264 e. The van der Waals surface area contributed by atoms with E-state index in [2.05, 4.69) is 24.8 Å². The number of hydrogen-bond donors (Lipinski definition) is 2. The Bertz CT molecular complexity index is 953. The monoisotopic (exact) mass is 369 g/mol. The molecule has 26 heavy (non-hydrogen) atoms. The van der Waals surface area contributed by atoms with Crippen molar-refractivity contribution in [3.8, 4) is 0 Å². The Labute approximate surface area is 154 Å². The zero-order valence-corrected chi connectivity index (χ0v) is 14.9. The number of aromatic nitrogens is 3. The summed E-state index contributed by atoms with van der Waals surface area (Å²) in [5.74, 6) is 1.04. The number of carbonyl (C=O) groups is 1. The van der Waals surface area contributed by atoms with Crippen molar-refractivity contribution in [1.29, 1.82) is 0 Å². The highest BCUT2D eigenvalue weighted by Gasteiger charge is 2.43. The maximum Gasteiger partial charge on any atom is 0.264 e. The van der Waals surface area contributed by atoms with Gasteiger partial charge in [-0.2, -0.15) is 0 Å². The minimum Gasteiger partial charge on any atom is -0.392 e. The number of amides is 1. The van der Waals surface area contributed by atoms with Crippen molar-refractivity contribution >= 4 is 34.1 Å². The van der Waals surface area contributed by atoms with Crippen LogP contribution in [0.25, 0.3) is 11.0 Å². The number of hydrogen-bond acceptors (Lipinski definition) is 6. The average molecular weight is 369 g/mol. The van der Waals surface area contributed by atoms with Crippen LogP contribution < -0.4 is 4.90 Å². The molecule has 2 unspecified atom stereocenters. The summed E-state index contributed by atoms with van der Waals surface area (Å²) in [6.07, 6.45) is 5.52. The van der Waals surface area contributed by atoms with Crippen LogP contribution in [-0.4, -0.2) is 56.0 Å². The van der Waals surface area contributed by atoms with Crippen molar-refractivity contribution in [3.63, 3.8) is 0 Å². The number of carbonyl (C=O) groups excluding carboxylic acids is 1. The molecule has 8 heteroatoms. The molecule has 3 aromatic heterocycles. The van der Waals surface area contributed by atoms with Gasteiger partial charge in [0.05, 0.1) is 29.0 Å². The molecule has 2 fully saturated rings. The molecule has 2 saturated heterocycles. The Morgan fingerprint density at radius 2 is 2.12 bits per heavy atom. The van der Waals surface area contributed by atoms with Crippen molar-refractivity contribution in [1.82, 2.24) is 19.9 Å². The third kappa shape index (κ3) is 2.40. The van der Waals surface area contributed by atoms with Gasteiger partial charge in [0.15, 0.2) is 0 Å². The highest BCUT2D eigenvalue weighted by atomic mass is 32.1. The topological polar surface area (TPSA) is 85.3 Å². The zero-order valence-electron chi connectivity index (χ0n) is 14.1. The first-order chi connectivity index (χ1) is 12.7. The van der Waals surface area contributed by atoms with E-state index in [4.69, 9.17) is 0 Å². The molecule has 0 aliphatic carbocycles. The number of anilines is 1. The minimum absolute atomic E-state index is 0.0230. The second-order valence-corrected chi connectivity index (χ2v) is 7.83. The Balaban J connectivity index is 1.41. The van der Waals surface area contributed by atoms with E-state index in [1.54, 1.807) is 6.33 Å². The van der Waals surface area contributed by atoms with Crippen LogP contribution in [0.1, 0.15) is 28.1 Å². The number of thiophene rings is 1. The lowest BCUT2D eigenvalue weighted by molar-refractivity contribution is 0.0646. The zero-order chi connectivity index (χ0) is 17.7. The minimum atomic E-state index is -0.0230. The molecule has 0 saturated carbocycles. The van der Waals surface area contributed by atoms with E-state index in [0.717, 1.165) is 53.2 Å². The molecule has 2 N–H and O–H groups in total. The van der Waals surface area contributed by atoms with Crippen LogP contribution in [0.15, 0.2) is 30.0 Å². The molecule has 5 rings (SSSR count). The van der Waals surface area contributed by atoms with Crippen molar-refractivity contribution in [3.05, 3.63) is 40.5 Å². The van der Waals surface area contributed by atoms with Crippen molar-refractivity contribution < 1.29 is 9.90 Å². The van der Waals surface area contributed by atoms with Gasteiger partial charge in [0.25, 0.3) is 5.91 Å². The van der Waals surface area contributed by atoms with Gasteiger partial charge < -0.3 is 19.9 Å². The summed E-state index contributed by atoms with van der Waals surface area (Å²) in [6.45, 7) is 1.56. The van der Waals surface area contributed by atoms with E-state index >= 15 is 0 Å². The normalized spacial score (nSPS) is 22.3. The number of nitrogens with one attached hydrogen (secondary N) is 1. The summed E-state index contributed by atoms with van der Waals surface area (Å²) in [6, 6.07) is 4.22. The van der Waals surface area contributed by atoms with Crippen LogP contribution in [0, 0.1) is 0 Å². The Kier molecular flexibility index (Phi) is 3.68. The number of piperazine rings is 1. The van der Waals surface area contributed by atoms with Crippen LogP contribution in [0.3, 0.4) is 0 Å². The second kappa shape index (κ2) is 6.07. The molecule has 0 spiro atoms. The number of nitrogens with zero attached hydrogens (tertiary/aromatic N) is 4. The number of aliphatic hydroxyl groups excluding tert-OH is 1. The Morgan fingerprint density at radius 3 is 2.85 bits per heavy atom. The molecule has 3 aromatic rings. The molecule has 1 amide bonds. The maximum absolute atomic E-state index is 13.0. The molecule has 2 aliphatic heterocycles. The molecule has 2 aliphatic rings. The lowest BCUT2D eigenvalue weighted by Crippen LogP contribution is -2.56. The molecular formula is C18H19N5O2S. The largest absolute Gasteiger partial charge is 0.392 e. The Morgan fingerprint density at radius 1 is 1.31 bits per heavy atom. The van der Waals surface area contributed by atoms with E-state index < -0.39 is 0 Å². The predicted octanol–water partition coefficient (Wildman–Crippen LogP) is 2.01. The van der Waals surface area contributed by atoms with Gasteiger partial charge in [0.2, 0.25) is 0 Å². The fourth-order valence-corrected chi connectivity index (χ4v) is 5.06. The first-order valence-corrected chi connectivity index (χ1v) is 9.66. The van der Waals surface area contributed by atoms with Crippen molar-refractivity contribution in [2.24, 2.45) is 0 Å². The van der Waals surface area contributed by atoms with Crippen molar-refractivity contribution in [2.75, 3.05) is 18.0 Å². The molecule has 0 radical (unpaired) electrons. The molecule has 134 valence electrons.